The van der Waals surface area contributed by atoms with E-state index in [9.17, 15) is 48.9 Å². The van der Waals surface area contributed by atoms with Crippen LogP contribution in [-0.4, -0.2) is 101 Å². The van der Waals surface area contributed by atoms with Gasteiger partial charge in [0.1, 0.15) is 42.4 Å². The molecule has 34 heavy (non-hydrogen) atoms. The van der Waals surface area contributed by atoms with E-state index >= 15 is 0 Å². The molecule has 1 aliphatic heterocycles. The van der Waals surface area contributed by atoms with Gasteiger partial charge in [0.05, 0.1) is 13.2 Å². The molecule has 0 radical (unpaired) electrons. The molecule has 1 aromatic rings. The molecule has 1 aliphatic rings. The Morgan fingerprint density at radius 2 is 1.79 bits per heavy atom. The zero-order valence-electron chi connectivity index (χ0n) is 17.0. The molecule has 0 spiro atoms. The Hall–Kier alpha value is -1.63. The molecule has 1 aromatic heterocycles. The maximum Gasteiger partial charge on any atom is 0.481 e. The lowest BCUT2D eigenvalue weighted by Gasteiger charge is -2.22. The minimum atomic E-state index is -5.40. The van der Waals surface area contributed by atoms with Gasteiger partial charge in [-0.3, -0.25) is 13.6 Å². The number of aliphatic hydroxyl groups excluding tert-OH is 5. The number of rotatable bonds is 12. The van der Waals surface area contributed by atoms with E-state index in [0.29, 0.717) is 0 Å². The number of carbonyl (C=O) groups excluding carboxylic acids is 1. The lowest BCUT2D eigenvalue weighted by atomic mass is 10.1. The van der Waals surface area contributed by atoms with Crippen LogP contribution >= 0.6 is 15.6 Å². The summed E-state index contributed by atoms with van der Waals surface area (Å²) < 4.78 is 42.5. The fourth-order valence-electron chi connectivity index (χ4n) is 2.64. The molecule has 0 bridgehead atoms. The number of hydrogen-bond donors (Lipinski definition) is 8. The molecular weight excluding hydrogens is 512 g/mol. The molecule has 1 saturated heterocycles. The van der Waals surface area contributed by atoms with Crippen molar-refractivity contribution in [2.45, 2.75) is 42.9 Å². The van der Waals surface area contributed by atoms with Crippen LogP contribution in [0.2, 0.25) is 0 Å². The van der Waals surface area contributed by atoms with Crippen molar-refractivity contribution in [2.24, 2.45) is 0 Å². The molecule has 2 rings (SSSR count). The van der Waals surface area contributed by atoms with Gasteiger partial charge in [0.2, 0.25) is 0 Å². The predicted molar refractivity (Wildman–Crippen MR) is 106 cm³/mol. The quantitative estimate of drug-likeness (QED) is 0.0933. The highest BCUT2D eigenvalue weighted by Gasteiger charge is 2.46. The van der Waals surface area contributed by atoms with Crippen molar-refractivity contribution in [3.63, 3.8) is 0 Å². The fraction of sp³-hybridized carbons (Fsp3) is 0.643. The first kappa shape index (κ1) is 28.6. The zero-order valence-corrected chi connectivity index (χ0v) is 18.7. The summed E-state index contributed by atoms with van der Waals surface area (Å²) in [5.74, 6) is -0.120. The molecule has 0 amide bonds. The van der Waals surface area contributed by atoms with Crippen LogP contribution in [0.5, 0.6) is 0 Å². The number of nitrogen functional groups attached to an aromatic ring is 1. The van der Waals surface area contributed by atoms with Gasteiger partial charge in [-0.15, -0.1) is 0 Å². The van der Waals surface area contributed by atoms with Crippen molar-refractivity contribution in [2.75, 3.05) is 18.9 Å². The summed E-state index contributed by atoms with van der Waals surface area (Å²) in [5.41, 5.74) is 4.43. The standard InChI is InChI=1S/C14H23N3O15P2/c15-9-1-2-17(14(24)16-9)13-12(23)11(22)8(31-13)5-30-34(27,28)32-33(25,26)29-4-7(20)10(21)6(19)3-18/h1-3,6-8,10-13,19-23H,4-5H2,(H,25,26)(H,27,28)(H2,15,16,24)/t6-,7+,8+,10-,11+,12+,13+/m0/s1. The van der Waals surface area contributed by atoms with Gasteiger partial charge in [0.25, 0.3) is 0 Å². The van der Waals surface area contributed by atoms with E-state index in [1.165, 1.54) is 6.07 Å². The minimum absolute atomic E-state index is 0.120. The van der Waals surface area contributed by atoms with Gasteiger partial charge in [-0.2, -0.15) is 9.29 Å². The predicted octanol–water partition coefficient (Wildman–Crippen LogP) is -4.02. The summed E-state index contributed by atoms with van der Waals surface area (Å²) in [6, 6.07) is 1.21. The average Bonchev–Trinajstić information content (AvgIpc) is 3.03. The second-order valence-corrected chi connectivity index (χ2v) is 9.93. The Morgan fingerprint density at radius 3 is 2.38 bits per heavy atom. The van der Waals surface area contributed by atoms with Crippen LogP contribution in [0.15, 0.2) is 17.1 Å². The zero-order chi connectivity index (χ0) is 25.8. The summed E-state index contributed by atoms with van der Waals surface area (Å²) in [6.45, 7) is -2.19. The number of aliphatic hydroxyl groups is 5. The first-order valence-corrected chi connectivity index (χ1v) is 12.2. The molecule has 20 heteroatoms. The van der Waals surface area contributed by atoms with E-state index in [1.807, 2.05) is 0 Å². The normalized spacial score (nSPS) is 29.0. The number of aldehydes is 1. The number of phosphoric acid groups is 2. The van der Waals surface area contributed by atoms with E-state index in [-0.39, 0.29) is 12.1 Å². The summed E-state index contributed by atoms with van der Waals surface area (Å²) >= 11 is 0. The van der Waals surface area contributed by atoms with Gasteiger partial charge < -0.3 is 50.6 Å². The van der Waals surface area contributed by atoms with E-state index in [4.69, 9.17) is 15.6 Å². The van der Waals surface area contributed by atoms with E-state index in [2.05, 4.69) is 18.3 Å². The van der Waals surface area contributed by atoms with Crippen molar-refractivity contribution < 1.29 is 67.3 Å². The van der Waals surface area contributed by atoms with Crippen LogP contribution in [-0.2, 0) is 32.0 Å². The number of nitrogens with two attached hydrogens (primary N) is 1. The summed E-state index contributed by atoms with van der Waals surface area (Å²) in [7, 11) is -10.8. The van der Waals surface area contributed by atoms with Crippen LogP contribution < -0.4 is 11.4 Å². The number of anilines is 1. The molecule has 0 saturated carbocycles. The molecule has 2 heterocycles. The van der Waals surface area contributed by atoms with Crippen molar-refractivity contribution in [1.82, 2.24) is 9.55 Å². The SMILES string of the molecule is Nc1ccn([C@@H]2O[C@H](COP(=O)(O)OP(=O)(O)OC[C@@H](O)[C@@H](O)[C@@H](O)C=O)[C@@H](O)[C@H]2O)c(=O)n1. The molecule has 9 atom stereocenters. The molecule has 18 nitrogen and oxygen atoms in total. The Morgan fingerprint density at radius 1 is 1.18 bits per heavy atom. The molecule has 194 valence electrons. The fourth-order valence-corrected chi connectivity index (χ4v) is 4.74. The van der Waals surface area contributed by atoms with E-state index in [1.54, 1.807) is 0 Å². The Bertz CT molecular complexity index is 1010. The Kier molecular flexibility index (Phi) is 9.59. The van der Waals surface area contributed by atoms with E-state index in [0.717, 1.165) is 10.8 Å². The van der Waals surface area contributed by atoms with Gasteiger partial charge in [-0.1, -0.05) is 0 Å². The third-order valence-corrected chi connectivity index (χ3v) is 6.96. The second kappa shape index (κ2) is 11.4. The number of phosphoric ester groups is 2. The lowest BCUT2D eigenvalue weighted by Crippen LogP contribution is -2.40. The third-order valence-electron chi connectivity index (χ3n) is 4.36. The maximum atomic E-state index is 12.0. The van der Waals surface area contributed by atoms with Gasteiger partial charge in [-0.25, -0.2) is 13.9 Å². The van der Waals surface area contributed by atoms with Crippen LogP contribution in [0.4, 0.5) is 5.82 Å². The third kappa shape index (κ3) is 7.43. The maximum absolute atomic E-state index is 12.0. The Balaban J connectivity index is 1.94. The Labute approximate surface area is 190 Å². The van der Waals surface area contributed by atoms with Crippen LogP contribution in [0.25, 0.3) is 0 Å². The van der Waals surface area contributed by atoms with Gasteiger partial charge in [0, 0.05) is 6.20 Å². The monoisotopic (exact) mass is 535 g/mol. The van der Waals surface area contributed by atoms with Gasteiger partial charge in [-0.05, 0) is 6.07 Å². The summed E-state index contributed by atoms with van der Waals surface area (Å²) in [6.07, 6.45) is -11.7. The number of nitrogens with zero attached hydrogens (tertiary/aromatic N) is 2. The number of aromatic nitrogens is 2. The van der Waals surface area contributed by atoms with Gasteiger partial charge in [0.15, 0.2) is 12.5 Å². The molecule has 9 N–H and O–H groups in total. The number of carbonyl (C=O) groups is 1. The topological polar surface area (TPSA) is 291 Å². The molecule has 2 unspecified atom stereocenters. The molecular formula is C14H23N3O15P2. The molecule has 1 fully saturated rings. The van der Waals surface area contributed by atoms with Crippen molar-refractivity contribution in [3.8, 4) is 0 Å². The number of hydrogen-bond acceptors (Lipinski definition) is 15. The highest BCUT2D eigenvalue weighted by atomic mass is 31.3. The first-order chi connectivity index (χ1) is 15.7. The van der Waals surface area contributed by atoms with Crippen molar-refractivity contribution in [1.29, 1.82) is 0 Å². The highest BCUT2D eigenvalue weighted by Crippen LogP contribution is 2.60. The second-order valence-electron chi connectivity index (χ2n) is 6.88. The van der Waals surface area contributed by atoms with Crippen molar-refractivity contribution in [3.05, 3.63) is 22.7 Å². The summed E-state index contributed by atoms with van der Waals surface area (Å²) in [5, 5.41) is 48.1. The van der Waals surface area contributed by atoms with E-state index < -0.39 is 77.4 Å². The van der Waals surface area contributed by atoms with Crippen LogP contribution in [0.3, 0.4) is 0 Å². The summed E-state index contributed by atoms with van der Waals surface area (Å²) in [4.78, 5) is 44.8. The highest BCUT2D eigenvalue weighted by molar-refractivity contribution is 7.61. The number of ether oxygens (including phenoxy) is 1. The lowest BCUT2D eigenvalue weighted by molar-refractivity contribution is -0.127. The average molecular weight is 535 g/mol. The first-order valence-electron chi connectivity index (χ1n) is 9.19. The molecule has 0 aliphatic carbocycles. The largest absolute Gasteiger partial charge is 0.481 e. The smallest absolute Gasteiger partial charge is 0.388 e. The molecule has 0 aromatic carbocycles. The van der Waals surface area contributed by atoms with Crippen LogP contribution in [0.1, 0.15) is 6.23 Å². The van der Waals surface area contributed by atoms with Crippen molar-refractivity contribution >= 4 is 27.7 Å². The minimum Gasteiger partial charge on any atom is -0.388 e. The van der Waals surface area contributed by atoms with Gasteiger partial charge >= 0.3 is 21.3 Å². The van der Waals surface area contributed by atoms with Crippen LogP contribution in [0, 0.1) is 0 Å².